The lowest BCUT2D eigenvalue weighted by molar-refractivity contribution is -0.140. The van der Waals surface area contributed by atoms with Gasteiger partial charge in [0, 0.05) is 35.6 Å². The molecule has 0 radical (unpaired) electrons. The van der Waals surface area contributed by atoms with E-state index < -0.39 is 28.5 Å². The predicted molar refractivity (Wildman–Crippen MR) is 196 cm³/mol. The smallest absolute Gasteiger partial charge is 0.265 e. The van der Waals surface area contributed by atoms with E-state index in [9.17, 15) is 18.0 Å². The Kier molecular flexibility index (Phi) is 13.8. The molecule has 0 spiro atoms. The first-order valence-electron chi connectivity index (χ1n) is 16.0. The van der Waals surface area contributed by atoms with Gasteiger partial charge in [0.25, 0.3) is 10.0 Å². The number of hydrogen-bond donors (Lipinski definition) is 1. The average molecular weight is 743 g/mol. The minimum absolute atomic E-state index is 0.0258. The van der Waals surface area contributed by atoms with Crippen LogP contribution in [-0.2, 0) is 32.6 Å². The topological polar surface area (TPSA) is 114 Å². The van der Waals surface area contributed by atoms with Gasteiger partial charge in [-0.2, -0.15) is 0 Å². The van der Waals surface area contributed by atoms with E-state index in [1.165, 1.54) is 56.6 Å². The summed E-state index contributed by atoms with van der Waals surface area (Å²) < 4.78 is 46.3. The van der Waals surface area contributed by atoms with Crippen LogP contribution < -0.4 is 23.8 Å². The maximum Gasteiger partial charge on any atom is 0.265 e. The zero-order valence-electron chi connectivity index (χ0n) is 28.4. The third kappa shape index (κ3) is 9.62. The highest BCUT2D eigenvalue weighted by Gasteiger charge is 2.36. The van der Waals surface area contributed by atoms with Crippen LogP contribution in [0.15, 0.2) is 95.9 Å². The van der Waals surface area contributed by atoms with Crippen LogP contribution in [0.4, 0.5) is 5.69 Å². The van der Waals surface area contributed by atoms with Gasteiger partial charge in [0.1, 0.15) is 18.3 Å². The fourth-order valence-corrected chi connectivity index (χ4v) is 7.18. The summed E-state index contributed by atoms with van der Waals surface area (Å²) in [5.74, 6) is -0.368. The molecule has 50 heavy (non-hydrogen) atoms. The van der Waals surface area contributed by atoms with Crippen molar-refractivity contribution < 1.29 is 32.2 Å². The first-order valence-corrected chi connectivity index (χ1v) is 18.2. The van der Waals surface area contributed by atoms with Crippen molar-refractivity contribution in [2.45, 2.75) is 43.7 Å². The van der Waals surface area contributed by atoms with Gasteiger partial charge in [-0.15, -0.1) is 0 Å². The standard InChI is InChI=1S/C37H41Cl2N3O7S/c1-5-6-19-40-37(44)32(21-26-11-8-7-9-12-26)41(24-27-13-10-14-28(38)20-27)36(43)25-42(31-22-29(39)15-17-33(31)47-2)50(45,46)30-16-18-34(48-3)35(23-30)49-4/h7-18,20,22-23,32H,5-6,19,21,24-25H2,1-4H3,(H,40,44)/t32-/m0/s1. The number of sulfonamides is 1. The number of unbranched alkanes of at least 4 members (excludes halogenated alkanes) is 1. The molecule has 0 heterocycles. The molecule has 4 rings (SSSR count). The molecule has 0 fully saturated rings. The molecule has 1 atom stereocenters. The summed E-state index contributed by atoms with van der Waals surface area (Å²) in [6.45, 7) is 1.69. The van der Waals surface area contributed by atoms with Crippen molar-refractivity contribution >= 4 is 50.7 Å². The number of anilines is 1. The van der Waals surface area contributed by atoms with E-state index in [0.29, 0.717) is 22.9 Å². The number of rotatable bonds is 17. The van der Waals surface area contributed by atoms with Gasteiger partial charge in [-0.3, -0.25) is 13.9 Å². The van der Waals surface area contributed by atoms with Crippen molar-refractivity contribution in [1.29, 1.82) is 0 Å². The highest BCUT2D eigenvalue weighted by Crippen LogP contribution is 2.37. The molecule has 0 bridgehead atoms. The number of benzene rings is 4. The fourth-order valence-electron chi connectivity index (χ4n) is 5.37. The van der Waals surface area contributed by atoms with Crippen molar-refractivity contribution in [3.8, 4) is 17.2 Å². The van der Waals surface area contributed by atoms with Crippen LogP contribution >= 0.6 is 23.2 Å². The predicted octanol–water partition coefficient (Wildman–Crippen LogP) is 6.77. The van der Waals surface area contributed by atoms with Crippen LogP contribution in [0.3, 0.4) is 0 Å². The number of nitrogens with one attached hydrogen (secondary N) is 1. The molecule has 0 unspecified atom stereocenters. The lowest BCUT2D eigenvalue weighted by atomic mass is 10.0. The monoisotopic (exact) mass is 741 g/mol. The van der Waals surface area contributed by atoms with E-state index in [0.717, 1.165) is 22.7 Å². The van der Waals surface area contributed by atoms with Gasteiger partial charge in [0.05, 0.1) is 31.9 Å². The van der Waals surface area contributed by atoms with Crippen LogP contribution in [0.1, 0.15) is 30.9 Å². The quantitative estimate of drug-likeness (QED) is 0.119. The highest BCUT2D eigenvalue weighted by atomic mass is 35.5. The van der Waals surface area contributed by atoms with E-state index in [-0.39, 0.29) is 46.0 Å². The normalized spacial score (nSPS) is 11.7. The molecule has 0 aliphatic carbocycles. The Balaban J connectivity index is 1.87. The first kappa shape index (κ1) is 38.4. The molecular weight excluding hydrogens is 701 g/mol. The van der Waals surface area contributed by atoms with Crippen molar-refractivity contribution in [3.63, 3.8) is 0 Å². The third-order valence-corrected chi connectivity index (χ3v) is 10.2. The summed E-state index contributed by atoms with van der Waals surface area (Å²) in [5, 5.41) is 3.64. The molecule has 4 aromatic rings. The molecule has 266 valence electrons. The number of ether oxygens (including phenoxy) is 3. The summed E-state index contributed by atoms with van der Waals surface area (Å²) in [6.07, 6.45) is 1.78. The third-order valence-electron chi connectivity index (χ3n) is 7.97. The molecule has 0 aliphatic heterocycles. The summed E-state index contributed by atoms with van der Waals surface area (Å²) >= 11 is 12.7. The SMILES string of the molecule is CCCCNC(=O)[C@H](Cc1ccccc1)N(Cc1cccc(Cl)c1)C(=O)CN(c1cc(Cl)ccc1OC)S(=O)(=O)c1ccc(OC)c(OC)c1. The molecule has 0 saturated carbocycles. The maximum absolute atomic E-state index is 14.8. The zero-order chi connectivity index (χ0) is 36.3. The number of carbonyl (C=O) groups excluding carboxylic acids is 2. The minimum Gasteiger partial charge on any atom is -0.495 e. The van der Waals surface area contributed by atoms with Crippen molar-refractivity contribution in [1.82, 2.24) is 10.2 Å². The van der Waals surface area contributed by atoms with Crippen LogP contribution in [0.5, 0.6) is 17.2 Å². The molecule has 1 N–H and O–H groups in total. The molecule has 13 heteroatoms. The lowest BCUT2D eigenvalue weighted by Gasteiger charge is -2.34. The Labute approximate surface area is 303 Å². The molecular formula is C37H41Cl2N3O7S. The molecule has 10 nitrogen and oxygen atoms in total. The molecule has 0 saturated heterocycles. The number of halogens is 2. The van der Waals surface area contributed by atoms with E-state index in [1.807, 2.05) is 37.3 Å². The summed E-state index contributed by atoms with van der Waals surface area (Å²) in [4.78, 5) is 29.9. The number of nitrogens with zero attached hydrogens (tertiary/aromatic N) is 2. The van der Waals surface area contributed by atoms with Crippen LogP contribution in [0, 0.1) is 0 Å². The lowest BCUT2D eigenvalue weighted by Crippen LogP contribution is -2.53. The van der Waals surface area contributed by atoms with Gasteiger partial charge in [-0.25, -0.2) is 8.42 Å². The number of methoxy groups -OCH3 is 3. The Morgan fingerprint density at radius 1 is 0.780 bits per heavy atom. The zero-order valence-corrected chi connectivity index (χ0v) is 30.7. The van der Waals surface area contributed by atoms with Gasteiger partial charge < -0.3 is 24.4 Å². The Bertz CT molecular complexity index is 1880. The Hall–Kier alpha value is -4.45. The maximum atomic E-state index is 14.8. The highest BCUT2D eigenvalue weighted by molar-refractivity contribution is 7.92. The summed E-state index contributed by atoms with van der Waals surface area (Å²) in [7, 11) is -0.287. The first-order chi connectivity index (χ1) is 24.0. The second kappa shape index (κ2) is 18.0. The van der Waals surface area contributed by atoms with Crippen molar-refractivity contribution in [2.24, 2.45) is 0 Å². The molecule has 0 aromatic heterocycles. The van der Waals surface area contributed by atoms with Gasteiger partial charge in [-0.1, -0.05) is 79.0 Å². The fraction of sp³-hybridized carbons (Fsp3) is 0.297. The summed E-state index contributed by atoms with van der Waals surface area (Å²) in [5.41, 5.74) is 1.50. The van der Waals surface area contributed by atoms with Crippen LogP contribution in [0.2, 0.25) is 10.0 Å². The van der Waals surface area contributed by atoms with Crippen LogP contribution in [-0.4, -0.2) is 65.6 Å². The second-order valence-electron chi connectivity index (χ2n) is 11.3. The van der Waals surface area contributed by atoms with Crippen LogP contribution in [0.25, 0.3) is 0 Å². The second-order valence-corrected chi connectivity index (χ2v) is 14.1. The summed E-state index contributed by atoms with van der Waals surface area (Å²) in [6, 6.07) is 23.9. The molecule has 0 aliphatic rings. The number of amides is 2. The average Bonchev–Trinajstić information content (AvgIpc) is 3.12. The van der Waals surface area contributed by atoms with E-state index >= 15 is 0 Å². The largest absolute Gasteiger partial charge is 0.495 e. The van der Waals surface area contributed by atoms with Crippen molar-refractivity contribution in [3.05, 3.63) is 112 Å². The van der Waals surface area contributed by atoms with E-state index in [1.54, 1.807) is 30.3 Å². The Morgan fingerprint density at radius 2 is 1.44 bits per heavy atom. The number of carbonyl (C=O) groups is 2. The van der Waals surface area contributed by atoms with Gasteiger partial charge in [0.15, 0.2) is 11.5 Å². The Morgan fingerprint density at radius 3 is 2.10 bits per heavy atom. The minimum atomic E-state index is -4.50. The van der Waals surface area contributed by atoms with Gasteiger partial charge in [0.2, 0.25) is 11.8 Å². The molecule has 4 aromatic carbocycles. The van der Waals surface area contributed by atoms with Gasteiger partial charge in [-0.05, 0) is 60.0 Å². The molecule has 2 amide bonds. The number of hydrogen-bond acceptors (Lipinski definition) is 7. The van der Waals surface area contributed by atoms with E-state index in [2.05, 4.69) is 5.32 Å². The van der Waals surface area contributed by atoms with Crippen molar-refractivity contribution in [2.75, 3.05) is 38.7 Å². The van der Waals surface area contributed by atoms with Gasteiger partial charge >= 0.3 is 0 Å². The van der Waals surface area contributed by atoms with E-state index in [4.69, 9.17) is 37.4 Å².